The zero-order chi connectivity index (χ0) is 14.0. The second-order valence-corrected chi connectivity index (χ2v) is 5.63. The Morgan fingerprint density at radius 3 is 2.79 bits per heavy atom. The molecule has 1 aromatic carbocycles. The minimum absolute atomic E-state index is 0.0915. The summed E-state index contributed by atoms with van der Waals surface area (Å²) in [6, 6.07) is 5.16. The molecule has 0 atom stereocenters. The second kappa shape index (κ2) is 5.75. The fourth-order valence-corrected chi connectivity index (χ4v) is 2.59. The normalized spacial score (nSPS) is 10.5. The zero-order valence-electron chi connectivity index (χ0n) is 10.6. The lowest BCUT2D eigenvalue weighted by atomic mass is 10.2. The molecular formula is C13H13BrClN3O. The van der Waals surface area contributed by atoms with Crippen molar-refractivity contribution in [2.24, 2.45) is 7.05 Å². The van der Waals surface area contributed by atoms with Gasteiger partial charge < -0.3 is 9.47 Å². The van der Waals surface area contributed by atoms with Crippen LogP contribution in [0.3, 0.4) is 0 Å². The van der Waals surface area contributed by atoms with Gasteiger partial charge >= 0.3 is 0 Å². The van der Waals surface area contributed by atoms with Crippen molar-refractivity contribution in [2.45, 2.75) is 6.54 Å². The third-order valence-electron chi connectivity index (χ3n) is 2.76. The predicted molar refractivity (Wildman–Crippen MR) is 78.2 cm³/mol. The number of imidazole rings is 1. The Morgan fingerprint density at radius 2 is 2.21 bits per heavy atom. The molecule has 0 spiro atoms. The van der Waals surface area contributed by atoms with Crippen LogP contribution in [0.25, 0.3) is 0 Å². The van der Waals surface area contributed by atoms with E-state index in [2.05, 4.69) is 20.9 Å². The highest BCUT2D eigenvalue weighted by Gasteiger charge is 2.14. The Balaban J connectivity index is 2.17. The minimum Gasteiger partial charge on any atom is -0.337 e. The van der Waals surface area contributed by atoms with Crippen LogP contribution < -0.4 is 0 Å². The van der Waals surface area contributed by atoms with Crippen LogP contribution in [0.4, 0.5) is 0 Å². The molecule has 0 radical (unpaired) electrons. The van der Waals surface area contributed by atoms with E-state index in [0.29, 0.717) is 17.1 Å². The smallest absolute Gasteiger partial charge is 0.254 e. The van der Waals surface area contributed by atoms with Crippen LogP contribution in [0.1, 0.15) is 16.2 Å². The molecular weight excluding hydrogens is 330 g/mol. The average Bonchev–Trinajstić information content (AvgIpc) is 2.72. The molecule has 0 unspecified atom stereocenters. The summed E-state index contributed by atoms with van der Waals surface area (Å²) >= 11 is 9.28. The maximum Gasteiger partial charge on any atom is 0.254 e. The highest BCUT2D eigenvalue weighted by atomic mass is 79.9. The van der Waals surface area contributed by atoms with Gasteiger partial charge in [0.15, 0.2) is 0 Å². The average molecular weight is 343 g/mol. The molecule has 0 saturated carbocycles. The highest BCUT2D eigenvalue weighted by molar-refractivity contribution is 9.10. The van der Waals surface area contributed by atoms with Gasteiger partial charge in [0.05, 0.1) is 6.54 Å². The number of rotatable bonds is 3. The summed E-state index contributed by atoms with van der Waals surface area (Å²) < 4.78 is 2.67. The van der Waals surface area contributed by atoms with Crippen molar-refractivity contribution in [3.8, 4) is 0 Å². The zero-order valence-corrected chi connectivity index (χ0v) is 12.9. The lowest BCUT2D eigenvalue weighted by molar-refractivity contribution is 0.0780. The van der Waals surface area contributed by atoms with Crippen LogP contribution in [0.5, 0.6) is 0 Å². The monoisotopic (exact) mass is 341 g/mol. The topological polar surface area (TPSA) is 38.1 Å². The van der Waals surface area contributed by atoms with Crippen molar-refractivity contribution in [2.75, 3.05) is 7.05 Å². The molecule has 6 heteroatoms. The molecule has 0 aliphatic rings. The van der Waals surface area contributed by atoms with Crippen LogP contribution in [0.15, 0.2) is 35.1 Å². The van der Waals surface area contributed by atoms with Crippen molar-refractivity contribution in [3.63, 3.8) is 0 Å². The van der Waals surface area contributed by atoms with Crippen LogP contribution in [-0.4, -0.2) is 27.4 Å². The van der Waals surface area contributed by atoms with Gasteiger partial charge in [-0.1, -0.05) is 27.5 Å². The van der Waals surface area contributed by atoms with Crippen molar-refractivity contribution < 1.29 is 4.79 Å². The van der Waals surface area contributed by atoms with Crippen molar-refractivity contribution >= 4 is 33.4 Å². The molecule has 0 aliphatic carbocycles. The van der Waals surface area contributed by atoms with E-state index >= 15 is 0 Å². The Labute approximate surface area is 125 Å². The molecule has 0 fully saturated rings. The van der Waals surface area contributed by atoms with Crippen LogP contribution in [0.2, 0.25) is 5.02 Å². The SMILES string of the molecule is CN(Cc1nccn1C)C(=O)c1cc(Cl)cc(Br)c1. The van der Waals surface area contributed by atoms with Gasteiger partial charge in [0.25, 0.3) is 5.91 Å². The first-order chi connectivity index (χ1) is 8.97. The summed E-state index contributed by atoms with van der Waals surface area (Å²) in [5.74, 6) is 0.739. The van der Waals surface area contributed by atoms with Crippen LogP contribution in [0, 0.1) is 0 Å². The fourth-order valence-electron chi connectivity index (χ4n) is 1.73. The first-order valence-corrected chi connectivity index (χ1v) is 6.82. The van der Waals surface area contributed by atoms with Crippen LogP contribution >= 0.6 is 27.5 Å². The maximum atomic E-state index is 12.3. The summed E-state index contributed by atoms with van der Waals surface area (Å²) in [5, 5.41) is 0.531. The number of hydrogen-bond acceptors (Lipinski definition) is 2. The molecule has 0 saturated heterocycles. The van der Waals surface area contributed by atoms with E-state index < -0.39 is 0 Å². The highest BCUT2D eigenvalue weighted by Crippen LogP contribution is 2.20. The summed E-state index contributed by atoms with van der Waals surface area (Å²) in [6.45, 7) is 0.451. The van der Waals surface area contributed by atoms with E-state index in [4.69, 9.17) is 11.6 Å². The van der Waals surface area contributed by atoms with Crippen molar-refractivity contribution in [1.82, 2.24) is 14.5 Å². The van der Waals surface area contributed by atoms with Crippen LogP contribution in [-0.2, 0) is 13.6 Å². The summed E-state index contributed by atoms with van der Waals surface area (Å²) in [4.78, 5) is 18.1. The number of aromatic nitrogens is 2. The van der Waals surface area contributed by atoms with Gasteiger partial charge in [-0.2, -0.15) is 0 Å². The fraction of sp³-hybridized carbons (Fsp3) is 0.231. The molecule has 2 rings (SSSR count). The quantitative estimate of drug-likeness (QED) is 0.859. The van der Waals surface area contributed by atoms with Gasteiger partial charge in [0, 0.05) is 41.5 Å². The molecule has 100 valence electrons. The van der Waals surface area contributed by atoms with E-state index in [1.807, 2.05) is 17.8 Å². The Bertz CT molecular complexity index is 591. The van der Waals surface area contributed by atoms with E-state index in [9.17, 15) is 4.79 Å². The molecule has 1 amide bonds. The third-order valence-corrected chi connectivity index (χ3v) is 3.43. The molecule has 4 nitrogen and oxygen atoms in total. The lowest BCUT2D eigenvalue weighted by Gasteiger charge is -2.17. The summed E-state index contributed by atoms with van der Waals surface area (Å²) in [6.07, 6.45) is 3.56. The third kappa shape index (κ3) is 3.36. The van der Waals surface area contributed by atoms with Gasteiger partial charge in [-0.15, -0.1) is 0 Å². The Kier molecular flexibility index (Phi) is 4.27. The molecule has 1 heterocycles. The molecule has 2 aromatic rings. The van der Waals surface area contributed by atoms with E-state index in [0.717, 1.165) is 10.3 Å². The Hall–Kier alpha value is -1.33. The van der Waals surface area contributed by atoms with E-state index in [1.54, 1.807) is 36.3 Å². The number of nitrogens with zero attached hydrogens (tertiary/aromatic N) is 3. The second-order valence-electron chi connectivity index (χ2n) is 4.27. The van der Waals surface area contributed by atoms with E-state index in [1.165, 1.54) is 0 Å². The number of halogens is 2. The minimum atomic E-state index is -0.0915. The number of carbonyl (C=O) groups excluding carboxylic acids is 1. The first kappa shape index (κ1) is 14.1. The summed E-state index contributed by atoms with van der Waals surface area (Å²) in [7, 11) is 3.64. The Morgan fingerprint density at radius 1 is 1.47 bits per heavy atom. The largest absolute Gasteiger partial charge is 0.337 e. The lowest BCUT2D eigenvalue weighted by Crippen LogP contribution is -2.27. The van der Waals surface area contributed by atoms with Crippen molar-refractivity contribution in [1.29, 1.82) is 0 Å². The van der Waals surface area contributed by atoms with Gasteiger partial charge in [-0.05, 0) is 18.2 Å². The van der Waals surface area contributed by atoms with Gasteiger partial charge in [0.1, 0.15) is 5.82 Å². The predicted octanol–water partition coefficient (Wildman–Crippen LogP) is 3.11. The molecule has 1 aromatic heterocycles. The summed E-state index contributed by atoms with van der Waals surface area (Å²) in [5.41, 5.74) is 0.552. The number of hydrogen-bond donors (Lipinski definition) is 0. The maximum absolute atomic E-state index is 12.3. The van der Waals surface area contributed by atoms with Crippen molar-refractivity contribution in [3.05, 3.63) is 51.5 Å². The first-order valence-electron chi connectivity index (χ1n) is 5.65. The molecule has 0 N–H and O–H groups in total. The molecule has 0 bridgehead atoms. The van der Waals surface area contributed by atoms with Gasteiger partial charge in [0.2, 0.25) is 0 Å². The molecule has 19 heavy (non-hydrogen) atoms. The van der Waals surface area contributed by atoms with Gasteiger partial charge in [-0.3, -0.25) is 4.79 Å². The number of amides is 1. The van der Waals surface area contributed by atoms with Gasteiger partial charge in [-0.25, -0.2) is 4.98 Å². The standard InChI is InChI=1S/C13H13BrClN3O/c1-17-4-3-16-12(17)8-18(2)13(19)9-5-10(14)7-11(15)6-9/h3-7H,8H2,1-2H3. The molecule has 0 aliphatic heterocycles. The number of benzene rings is 1. The number of carbonyl (C=O) groups is 1. The van der Waals surface area contributed by atoms with E-state index in [-0.39, 0.29) is 5.91 Å². The number of aryl methyl sites for hydroxylation is 1.